The third kappa shape index (κ3) is 4.78. The van der Waals surface area contributed by atoms with Crippen LogP contribution in [0, 0.1) is 11.6 Å². The Morgan fingerprint density at radius 3 is 2.49 bits per heavy atom. The predicted octanol–water partition coefficient (Wildman–Crippen LogP) is 3.96. The second kappa shape index (κ2) is 9.29. The highest BCUT2D eigenvalue weighted by atomic mass is 32.2. The van der Waals surface area contributed by atoms with Crippen molar-refractivity contribution in [2.24, 2.45) is 0 Å². The van der Waals surface area contributed by atoms with Gasteiger partial charge in [0.25, 0.3) is 0 Å². The molecule has 4 rings (SSSR count). The highest BCUT2D eigenvalue weighted by Crippen LogP contribution is 2.38. The molecule has 12 heteroatoms. The van der Waals surface area contributed by atoms with Crippen molar-refractivity contribution >= 4 is 38.2 Å². The Bertz CT molecular complexity index is 1530. The van der Waals surface area contributed by atoms with Crippen molar-refractivity contribution in [3.63, 3.8) is 0 Å². The summed E-state index contributed by atoms with van der Waals surface area (Å²) >= 11 is 0. The Kier molecular flexibility index (Phi) is 6.39. The molecule has 0 saturated carbocycles. The van der Waals surface area contributed by atoms with Gasteiger partial charge in [0, 0.05) is 17.1 Å². The van der Waals surface area contributed by atoms with Crippen LogP contribution in [0.5, 0.6) is 5.75 Å². The number of ether oxygens (including phenoxy) is 1. The summed E-state index contributed by atoms with van der Waals surface area (Å²) in [7, 11) is -2.42. The summed E-state index contributed by atoms with van der Waals surface area (Å²) in [6.45, 7) is 1.68. The fourth-order valence-corrected chi connectivity index (χ4v) is 4.71. The van der Waals surface area contributed by atoms with Crippen LogP contribution in [-0.4, -0.2) is 36.2 Å². The third-order valence-corrected chi connectivity index (χ3v) is 6.65. The van der Waals surface area contributed by atoms with E-state index < -0.39 is 27.2 Å². The summed E-state index contributed by atoms with van der Waals surface area (Å²) in [5.41, 5.74) is 11.9. The zero-order chi connectivity index (χ0) is 25.3. The van der Waals surface area contributed by atoms with E-state index in [2.05, 4.69) is 19.7 Å². The highest BCUT2D eigenvalue weighted by Gasteiger charge is 2.22. The summed E-state index contributed by atoms with van der Waals surface area (Å²) < 4.78 is 62.0. The average molecular weight is 501 g/mol. The standard InChI is InChI=1S/C23H22F2N6O3S/c1-3-8-35(32,33)31-16-6-5-15(24)19(20(16)25)13-9-14-21(17(10-13)34-2)29-23(30-22(14)27)12-4-7-18(26)28-11-12/h4-7,9-11,31H,3,8H2,1-2H3,(H2,26,28)(H2,27,29,30). The van der Waals surface area contributed by atoms with Crippen LogP contribution in [0.2, 0.25) is 0 Å². The van der Waals surface area contributed by atoms with E-state index in [9.17, 15) is 12.8 Å². The molecular formula is C23H22F2N6O3S. The summed E-state index contributed by atoms with van der Waals surface area (Å²) in [5.74, 6) is -1.36. The number of nitrogens with one attached hydrogen (secondary N) is 1. The summed E-state index contributed by atoms with van der Waals surface area (Å²) in [6, 6.07) is 8.10. The predicted molar refractivity (Wildman–Crippen MR) is 131 cm³/mol. The van der Waals surface area contributed by atoms with Crippen LogP contribution < -0.4 is 20.9 Å². The number of nitrogens with zero attached hydrogens (tertiary/aromatic N) is 3. The molecule has 0 aliphatic carbocycles. The first-order valence-electron chi connectivity index (χ1n) is 10.5. The maximum atomic E-state index is 15.4. The van der Waals surface area contributed by atoms with Gasteiger partial charge < -0.3 is 16.2 Å². The monoisotopic (exact) mass is 500 g/mol. The largest absolute Gasteiger partial charge is 0.494 e. The Labute approximate surface area is 200 Å². The Morgan fingerprint density at radius 2 is 1.83 bits per heavy atom. The van der Waals surface area contributed by atoms with Gasteiger partial charge in [0.1, 0.15) is 28.7 Å². The molecule has 0 fully saturated rings. The SMILES string of the molecule is CCCS(=O)(=O)Nc1ccc(F)c(-c2cc(OC)c3nc(-c4ccc(N)nc4)nc(N)c3c2)c1F. The maximum absolute atomic E-state index is 15.4. The maximum Gasteiger partial charge on any atom is 0.232 e. The molecule has 2 aromatic carbocycles. The normalized spacial score (nSPS) is 11.5. The number of halogens is 2. The molecule has 0 aliphatic heterocycles. The van der Waals surface area contributed by atoms with Crippen LogP contribution in [0.4, 0.5) is 26.1 Å². The minimum absolute atomic E-state index is 0.0441. The number of fused-ring (bicyclic) bond motifs is 1. The van der Waals surface area contributed by atoms with Gasteiger partial charge >= 0.3 is 0 Å². The molecule has 2 aromatic heterocycles. The van der Waals surface area contributed by atoms with Crippen molar-refractivity contribution < 1.29 is 21.9 Å². The van der Waals surface area contributed by atoms with E-state index in [1.807, 2.05) is 0 Å². The van der Waals surface area contributed by atoms with Crippen LogP contribution in [0.1, 0.15) is 13.3 Å². The molecule has 35 heavy (non-hydrogen) atoms. The number of sulfonamides is 1. The van der Waals surface area contributed by atoms with Crippen LogP contribution in [-0.2, 0) is 10.0 Å². The van der Waals surface area contributed by atoms with Crippen molar-refractivity contribution in [3.05, 3.63) is 54.2 Å². The fourth-order valence-electron chi connectivity index (χ4n) is 3.57. The third-order valence-electron chi connectivity index (χ3n) is 5.18. The van der Waals surface area contributed by atoms with E-state index >= 15 is 4.39 Å². The molecule has 0 atom stereocenters. The van der Waals surface area contributed by atoms with Gasteiger partial charge in [0.2, 0.25) is 10.0 Å². The van der Waals surface area contributed by atoms with Crippen molar-refractivity contribution in [1.82, 2.24) is 15.0 Å². The number of hydrogen-bond acceptors (Lipinski definition) is 8. The lowest BCUT2D eigenvalue weighted by atomic mass is 10.0. The minimum atomic E-state index is -3.80. The zero-order valence-electron chi connectivity index (χ0n) is 18.8. The molecule has 5 N–H and O–H groups in total. The lowest BCUT2D eigenvalue weighted by molar-refractivity contribution is 0.419. The highest BCUT2D eigenvalue weighted by molar-refractivity contribution is 7.92. The van der Waals surface area contributed by atoms with Crippen LogP contribution in [0.25, 0.3) is 33.4 Å². The van der Waals surface area contributed by atoms with E-state index in [-0.39, 0.29) is 34.4 Å². The van der Waals surface area contributed by atoms with Gasteiger partial charge in [-0.1, -0.05) is 6.92 Å². The molecular weight excluding hydrogens is 478 g/mol. The average Bonchev–Trinajstić information content (AvgIpc) is 2.81. The van der Waals surface area contributed by atoms with E-state index in [0.717, 1.165) is 12.1 Å². The number of aromatic nitrogens is 3. The molecule has 0 amide bonds. The Morgan fingerprint density at radius 1 is 1.06 bits per heavy atom. The zero-order valence-corrected chi connectivity index (χ0v) is 19.7. The van der Waals surface area contributed by atoms with E-state index in [1.165, 1.54) is 25.4 Å². The summed E-state index contributed by atoms with van der Waals surface area (Å²) in [6.07, 6.45) is 1.83. The van der Waals surface area contributed by atoms with E-state index in [1.54, 1.807) is 19.1 Å². The van der Waals surface area contributed by atoms with Gasteiger partial charge in [-0.3, -0.25) is 4.72 Å². The molecule has 9 nitrogen and oxygen atoms in total. The number of rotatable bonds is 7. The topological polar surface area (TPSA) is 146 Å². The van der Waals surface area contributed by atoms with Gasteiger partial charge in [0.15, 0.2) is 11.6 Å². The number of anilines is 3. The van der Waals surface area contributed by atoms with Crippen LogP contribution in [0.3, 0.4) is 0 Å². The molecule has 0 aliphatic rings. The molecule has 0 saturated heterocycles. The number of pyridine rings is 1. The smallest absolute Gasteiger partial charge is 0.232 e. The fraction of sp³-hybridized carbons (Fsp3) is 0.174. The van der Waals surface area contributed by atoms with Crippen molar-refractivity contribution in [2.45, 2.75) is 13.3 Å². The van der Waals surface area contributed by atoms with Gasteiger partial charge in [-0.05, 0) is 48.4 Å². The van der Waals surface area contributed by atoms with Gasteiger partial charge in [-0.15, -0.1) is 0 Å². The molecule has 4 aromatic rings. The first-order chi connectivity index (χ1) is 16.6. The molecule has 0 unspecified atom stereocenters. The van der Waals surface area contributed by atoms with Gasteiger partial charge in [0.05, 0.1) is 24.1 Å². The number of hydrogen-bond donors (Lipinski definition) is 3. The van der Waals surface area contributed by atoms with E-state index in [0.29, 0.717) is 28.7 Å². The summed E-state index contributed by atoms with van der Waals surface area (Å²) in [4.78, 5) is 12.8. The molecule has 0 bridgehead atoms. The molecule has 182 valence electrons. The Hall–Kier alpha value is -4.06. The van der Waals surface area contributed by atoms with Crippen LogP contribution in [0.15, 0.2) is 42.6 Å². The Balaban J connectivity index is 1.88. The molecule has 0 spiro atoms. The minimum Gasteiger partial charge on any atom is -0.494 e. The lowest BCUT2D eigenvalue weighted by Gasteiger charge is -2.15. The number of nitrogens with two attached hydrogens (primary N) is 2. The second-order valence-electron chi connectivity index (χ2n) is 7.68. The number of methoxy groups -OCH3 is 1. The van der Waals surface area contributed by atoms with Crippen molar-refractivity contribution in [1.29, 1.82) is 0 Å². The van der Waals surface area contributed by atoms with Gasteiger partial charge in [-0.2, -0.15) is 0 Å². The quantitative estimate of drug-likeness (QED) is 0.346. The van der Waals surface area contributed by atoms with E-state index in [4.69, 9.17) is 16.2 Å². The summed E-state index contributed by atoms with van der Waals surface area (Å²) in [5, 5.41) is 0.294. The van der Waals surface area contributed by atoms with Crippen LogP contribution >= 0.6 is 0 Å². The first kappa shape index (κ1) is 24.1. The number of benzene rings is 2. The van der Waals surface area contributed by atoms with Gasteiger partial charge in [-0.25, -0.2) is 32.2 Å². The first-order valence-corrected chi connectivity index (χ1v) is 12.1. The lowest BCUT2D eigenvalue weighted by Crippen LogP contribution is -2.17. The van der Waals surface area contributed by atoms with Crippen molar-refractivity contribution in [2.75, 3.05) is 29.1 Å². The molecule has 0 radical (unpaired) electrons. The van der Waals surface area contributed by atoms with Crippen molar-refractivity contribution in [3.8, 4) is 28.3 Å². The number of nitrogen functional groups attached to an aromatic ring is 2. The second-order valence-corrected chi connectivity index (χ2v) is 9.53. The molecule has 2 heterocycles.